The molecule has 1 amide bonds. The van der Waals surface area contributed by atoms with Crippen molar-refractivity contribution in [3.8, 4) is 0 Å². The number of amides is 1. The highest BCUT2D eigenvalue weighted by molar-refractivity contribution is 5.66. The Balaban J connectivity index is 1.95. The van der Waals surface area contributed by atoms with E-state index in [1.165, 1.54) is 0 Å². The number of unbranched alkanes of at least 4 members (excludes halogenated alkanes) is 1. The van der Waals surface area contributed by atoms with Gasteiger partial charge in [0.2, 0.25) is 0 Å². The number of nitrogens with one attached hydrogen (secondary N) is 2. The summed E-state index contributed by atoms with van der Waals surface area (Å²) in [5, 5.41) is 2.68. The maximum atomic E-state index is 11.2. The number of aromatic amines is 1. The Kier molecular flexibility index (Phi) is 6.55. The molecule has 0 saturated heterocycles. The van der Waals surface area contributed by atoms with E-state index in [0.717, 1.165) is 31.5 Å². The van der Waals surface area contributed by atoms with Gasteiger partial charge in [0.15, 0.2) is 0 Å². The summed E-state index contributed by atoms with van der Waals surface area (Å²) in [6.45, 7) is 4.65. The van der Waals surface area contributed by atoms with Gasteiger partial charge in [-0.3, -0.25) is 0 Å². The zero-order valence-corrected chi connectivity index (χ0v) is 9.95. The number of hydrogen-bond donors (Lipinski definition) is 2. The summed E-state index contributed by atoms with van der Waals surface area (Å²) in [7, 11) is 0. The van der Waals surface area contributed by atoms with E-state index >= 15 is 0 Å². The minimum atomic E-state index is -0.353. The van der Waals surface area contributed by atoms with Crippen LogP contribution in [0.4, 0.5) is 4.79 Å². The normalized spacial score (nSPS) is 9.88. The summed E-state index contributed by atoms with van der Waals surface area (Å²) < 4.78 is 5.00. The van der Waals surface area contributed by atoms with Crippen LogP contribution in [-0.4, -0.2) is 29.2 Å². The van der Waals surface area contributed by atoms with E-state index in [9.17, 15) is 4.79 Å². The first-order chi connectivity index (χ1) is 8.33. The number of aryl methyl sites for hydroxylation is 1. The Morgan fingerprint density at radius 1 is 1.59 bits per heavy atom. The average Bonchev–Trinajstić information content (AvgIpc) is 2.83. The molecule has 0 aliphatic heterocycles. The Hall–Kier alpha value is -1.78. The van der Waals surface area contributed by atoms with Crippen LogP contribution in [0.15, 0.2) is 25.0 Å². The smallest absolute Gasteiger partial charge is 0.407 e. The van der Waals surface area contributed by atoms with Gasteiger partial charge in [-0.15, -0.1) is 6.58 Å². The molecule has 0 aromatic carbocycles. The van der Waals surface area contributed by atoms with Crippen molar-refractivity contribution < 1.29 is 9.53 Å². The third-order valence-electron chi connectivity index (χ3n) is 2.20. The van der Waals surface area contributed by atoms with Crippen LogP contribution in [0.5, 0.6) is 0 Å². The summed E-state index contributed by atoms with van der Waals surface area (Å²) in [5.41, 5.74) is 0. The number of H-pyrrole nitrogens is 1. The fourth-order valence-corrected chi connectivity index (χ4v) is 1.33. The molecule has 0 spiro atoms. The molecule has 0 radical (unpaired) electrons. The highest BCUT2D eigenvalue weighted by atomic mass is 16.5. The fourth-order valence-electron chi connectivity index (χ4n) is 1.33. The second kappa shape index (κ2) is 8.38. The van der Waals surface area contributed by atoms with E-state index in [0.29, 0.717) is 13.2 Å². The van der Waals surface area contributed by atoms with Crippen molar-refractivity contribution in [3.63, 3.8) is 0 Å². The quantitative estimate of drug-likeness (QED) is 0.537. The van der Waals surface area contributed by atoms with E-state index < -0.39 is 0 Å². The van der Waals surface area contributed by atoms with Gasteiger partial charge in [0, 0.05) is 25.4 Å². The van der Waals surface area contributed by atoms with Crippen molar-refractivity contribution in [1.82, 2.24) is 15.3 Å². The molecular formula is C12H19N3O2. The molecule has 5 nitrogen and oxygen atoms in total. The lowest BCUT2D eigenvalue weighted by Crippen LogP contribution is -2.25. The maximum Gasteiger partial charge on any atom is 0.407 e. The van der Waals surface area contributed by atoms with Gasteiger partial charge in [0.05, 0.1) is 6.61 Å². The first-order valence-corrected chi connectivity index (χ1v) is 5.82. The van der Waals surface area contributed by atoms with E-state index in [1.807, 2.05) is 6.08 Å². The number of ether oxygens (including phenoxy) is 1. The number of imidazole rings is 1. The standard InChI is InChI=1S/C12H19N3O2/c1-2-3-4-7-15-12(16)17-10-5-6-11-13-8-9-14-11/h2,8-9H,1,3-7,10H2,(H,13,14)(H,15,16). The molecule has 0 saturated carbocycles. The molecule has 0 aliphatic rings. The minimum Gasteiger partial charge on any atom is -0.450 e. The van der Waals surface area contributed by atoms with Crippen molar-refractivity contribution in [2.24, 2.45) is 0 Å². The van der Waals surface area contributed by atoms with E-state index in [4.69, 9.17) is 4.74 Å². The van der Waals surface area contributed by atoms with Crippen LogP contribution in [0.2, 0.25) is 0 Å². The summed E-state index contributed by atoms with van der Waals surface area (Å²) in [6, 6.07) is 0. The molecule has 0 unspecified atom stereocenters. The van der Waals surface area contributed by atoms with Gasteiger partial charge in [0.1, 0.15) is 5.82 Å². The molecule has 0 aliphatic carbocycles. The monoisotopic (exact) mass is 237 g/mol. The molecule has 17 heavy (non-hydrogen) atoms. The van der Waals surface area contributed by atoms with Crippen LogP contribution in [0, 0.1) is 0 Å². The number of hydrogen-bond acceptors (Lipinski definition) is 3. The molecule has 2 N–H and O–H groups in total. The lowest BCUT2D eigenvalue weighted by Gasteiger charge is -2.05. The molecule has 94 valence electrons. The van der Waals surface area contributed by atoms with Crippen molar-refractivity contribution in [2.45, 2.75) is 25.7 Å². The van der Waals surface area contributed by atoms with Crippen molar-refractivity contribution in [2.75, 3.05) is 13.2 Å². The van der Waals surface area contributed by atoms with Crippen LogP contribution < -0.4 is 5.32 Å². The molecule has 1 rings (SSSR count). The number of alkyl carbamates (subject to hydrolysis) is 1. The highest BCUT2D eigenvalue weighted by Crippen LogP contribution is 1.95. The SMILES string of the molecule is C=CCCCNC(=O)OCCCc1ncc[nH]1. The molecule has 0 bridgehead atoms. The number of carbonyl (C=O) groups excluding carboxylic acids is 1. The third kappa shape index (κ3) is 6.40. The van der Waals surface area contributed by atoms with Crippen LogP contribution in [0.1, 0.15) is 25.1 Å². The average molecular weight is 237 g/mol. The zero-order valence-electron chi connectivity index (χ0n) is 9.95. The van der Waals surface area contributed by atoms with Gasteiger partial charge in [-0.05, 0) is 19.3 Å². The Morgan fingerprint density at radius 2 is 2.47 bits per heavy atom. The largest absolute Gasteiger partial charge is 0.450 e. The topological polar surface area (TPSA) is 67.0 Å². The second-order valence-corrected chi connectivity index (χ2v) is 3.63. The van der Waals surface area contributed by atoms with Gasteiger partial charge < -0.3 is 15.0 Å². The Bertz CT molecular complexity index is 323. The number of allylic oxidation sites excluding steroid dienone is 1. The summed E-state index contributed by atoms with van der Waals surface area (Å²) in [5.74, 6) is 0.917. The lowest BCUT2D eigenvalue weighted by molar-refractivity contribution is 0.144. The number of carbonyl (C=O) groups is 1. The molecule has 1 aromatic rings. The second-order valence-electron chi connectivity index (χ2n) is 3.63. The van der Waals surface area contributed by atoms with Crippen LogP contribution in [0.25, 0.3) is 0 Å². The van der Waals surface area contributed by atoms with Crippen molar-refractivity contribution in [3.05, 3.63) is 30.9 Å². The van der Waals surface area contributed by atoms with E-state index in [1.54, 1.807) is 12.4 Å². The predicted molar refractivity (Wildman–Crippen MR) is 65.7 cm³/mol. The highest BCUT2D eigenvalue weighted by Gasteiger charge is 2.01. The summed E-state index contributed by atoms with van der Waals surface area (Å²) in [4.78, 5) is 18.3. The molecule has 1 aromatic heterocycles. The molecular weight excluding hydrogens is 218 g/mol. The first kappa shape index (κ1) is 13.3. The molecule has 0 fully saturated rings. The third-order valence-corrected chi connectivity index (χ3v) is 2.20. The predicted octanol–water partition coefficient (Wildman–Crippen LogP) is 2.03. The van der Waals surface area contributed by atoms with Gasteiger partial charge in [-0.25, -0.2) is 9.78 Å². The van der Waals surface area contributed by atoms with E-state index in [-0.39, 0.29) is 6.09 Å². The molecule has 5 heteroatoms. The van der Waals surface area contributed by atoms with Gasteiger partial charge >= 0.3 is 6.09 Å². The maximum absolute atomic E-state index is 11.2. The number of rotatable bonds is 8. The summed E-state index contributed by atoms with van der Waals surface area (Å²) in [6.07, 6.45) is 8.32. The van der Waals surface area contributed by atoms with Crippen LogP contribution in [0.3, 0.4) is 0 Å². The van der Waals surface area contributed by atoms with Gasteiger partial charge in [0.25, 0.3) is 0 Å². The van der Waals surface area contributed by atoms with E-state index in [2.05, 4.69) is 21.9 Å². The minimum absolute atomic E-state index is 0.353. The van der Waals surface area contributed by atoms with Gasteiger partial charge in [-0.1, -0.05) is 6.08 Å². The summed E-state index contributed by atoms with van der Waals surface area (Å²) >= 11 is 0. The molecule has 0 atom stereocenters. The fraction of sp³-hybridized carbons (Fsp3) is 0.500. The number of aromatic nitrogens is 2. The first-order valence-electron chi connectivity index (χ1n) is 5.82. The van der Waals surface area contributed by atoms with Crippen molar-refractivity contribution in [1.29, 1.82) is 0 Å². The van der Waals surface area contributed by atoms with Crippen molar-refractivity contribution >= 4 is 6.09 Å². The lowest BCUT2D eigenvalue weighted by atomic mass is 10.3. The molecule has 1 heterocycles. The van der Waals surface area contributed by atoms with Crippen LogP contribution >= 0.6 is 0 Å². The zero-order chi connectivity index (χ0) is 12.3. The number of nitrogens with zero attached hydrogens (tertiary/aromatic N) is 1. The Labute approximate surface area is 101 Å². The van der Waals surface area contributed by atoms with Crippen LogP contribution in [-0.2, 0) is 11.2 Å². The Morgan fingerprint density at radius 3 is 3.18 bits per heavy atom. The van der Waals surface area contributed by atoms with Gasteiger partial charge in [-0.2, -0.15) is 0 Å².